The molecule has 1 aromatic heterocycles. The smallest absolute Gasteiger partial charge is 0.191 e. The minimum absolute atomic E-state index is 0.591. The molecule has 0 saturated carbocycles. The Balaban J connectivity index is 1.60. The number of nitrogens with zero attached hydrogens (tertiary/aromatic N) is 2. The molecule has 2 heterocycles. The Morgan fingerprint density at radius 3 is 2.52 bits per heavy atom. The van der Waals surface area contributed by atoms with Gasteiger partial charge in [0.25, 0.3) is 0 Å². The molecule has 1 fully saturated rings. The van der Waals surface area contributed by atoms with Crippen molar-refractivity contribution in [2.45, 2.75) is 32.7 Å². The zero-order valence-electron chi connectivity index (χ0n) is 12.8. The summed E-state index contributed by atoms with van der Waals surface area (Å²) in [5.74, 6) is 0.704. The second-order valence-corrected chi connectivity index (χ2v) is 5.68. The molecule has 2 aromatic rings. The number of likely N-dealkylation sites (tertiary alicyclic amines) is 1. The number of oxazole rings is 1. The molecule has 1 aromatic carbocycles. The van der Waals surface area contributed by atoms with Gasteiger partial charge in [-0.05, 0) is 31.5 Å². The van der Waals surface area contributed by atoms with Crippen molar-refractivity contribution < 1.29 is 4.42 Å². The van der Waals surface area contributed by atoms with Crippen molar-refractivity contribution in [3.8, 4) is 11.3 Å². The number of benzene rings is 1. The van der Waals surface area contributed by atoms with Gasteiger partial charge in [0, 0.05) is 37.3 Å². The van der Waals surface area contributed by atoms with Crippen LogP contribution in [0.1, 0.15) is 25.7 Å². The van der Waals surface area contributed by atoms with E-state index in [1.54, 1.807) is 6.26 Å². The van der Waals surface area contributed by atoms with E-state index < -0.39 is 0 Å². The summed E-state index contributed by atoms with van der Waals surface area (Å²) in [4.78, 5) is 6.86. The maximum Gasteiger partial charge on any atom is 0.191 e. The van der Waals surface area contributed by atoms with Gasteiger partial charge in [0.15, 0.2) is 5.89 Å². The fraction of sp³-hybridized carbons (Fsp3) is 0.471. The second-order valence-electron chi connectivity index (χ2n) is 5.68. The normalized spacial score (nSPS) is 17.0. The highest BCUT2D eigenvalue weighted by atomic mass is 16.3. The van der Waals surface area contributed by atoms with E-state index in [-0.39, 0.29) is 0 Å². The molecule has 112 valence electrons. The Bertz CT molecular complexity index is 568. The van der Waals surface area contributed by atoms with Crippen LogP contribution in [-0.4, -0.2) is 35.6 Å². The Morgan fingerprint density at radius 1 is 1.24 bits per heavy atom. The summed E-state index contributed by atoms with van der Waals surface area (Å²) < 4.78 is 5.26. The Kier molecular flexibility index (Phi) is 4.25. The van der Waals surface area contributed by atoms with Crippen molar-refractivity contribution >= 4 is 5.69 Å². The molecule has 0 radical (unpaired) electrons. The number of aromatic nitrogens is 1. The lowest BCUT2D eigenvalue weighted by Crippen LogP contribution is -2.38. The monoisotopic (exact) mass is 285 g/mol. The molecule has 1 aliphatic heterocycles. The molecular weight excluding hydrogens is 262 g/mol. The van der Waals surface area contributed by atoms with E-state index in [9.17, 15) is 0 Å². The molecule has 1 aliphatic rings. The van der Waals surface area contributed by atoms with Crippen LogP contribution >= 0.6 is 0 Å². The van der Waals surface area contributed by atoms with E-state index in [1.807, 2.05) is 6.92 Å². The zero-order chi connectivity index (χ0) is 14.7. The fourth-order valence-electron chi connectivity index (χ4n) is 2.86. The van der Waals surface area contributed by atoms with E-state index in [0.29, 0.717) is 11.9 Å². The highest BCUT2D eigenvalue weighted by molar-refractivity contribution is 5.62. The summed E-state index contributed by atoms with van der Waals surface area (Å²) >= 11 is 0. The predicted molar refractivity (Wildman–Crippen MR) is 85.4 cm³/mol. The molecule has 1 saturated heterocycles. The maximum atomic E-state index is 5.26. The van der Waals surface area contributed by atoms with Crippen LogP contribution in [0.25, 0.3) is 11.3 Å². The lowest BCUT2D eigenvalue weighted by atomic mass is 10.0. The zero-order valence-corrected chi connectivity index (χ0v) is 12.8. The molecular formula is C17H23N3O. The standard InChI is InChI=1S/C17H23N3O/c1-3-20-10-8-16(9-11-20)19-15-6-4-14(5-7-15)17-12-21-13(2)18-17/h4-7,12,16,19H,3,8-11H2,1-2H3. The van der Waals surface area contributed by atoms with Crippen molar-refractivity contribution in [2.24, 2.45) is 0 Å². The number of piperidine rings is 1. The third-order valence-electron chi connectivity index (χ3n) is 4.21. The van der Waals surface area contributed by atoms with Crippen LogP contribution in [0.2, 0.25) is 0 Å². The number of rotatable bonds is 4. The first kappa shape index (κ1) is 14.1. The fourth-order valence-corrected chi connectivity index (χ4v) is 2.86. The van der Waals surface area contributed by atoms with Gasteiger partial charge in [0.1, 0.15) is 12.0 Å². The Morgan fingerprint density at radius 2 is 1.95 bits per heavy atom. The molecule has 0 amide bonds. The summed E-state index contributed by atoms with van der Waals surface area (Å²) in [5, 5.41) is 3.64. The van der Waals surface area contributed by atoms with Crippen molar-refractivity contribution in [1.29, 1.82) is 0 Å². The quantitative estimate of drug-likeness (QED) is 0.933. The van der Waals surface area contributed by atoms with E-state index in [0.717, 1.165) is 11.3 Å². The van der Waals surface area contributed by atoms with Crippen molar-refractivity contribution in [1.82, 2.24) is 9.88 Å². The van der Waals surface area contributed by atoms with Crippen LogP contribution < -0.4 is 5.32 Å². The lowest BCUT2D eigenvalue weighted by molar-refractivity contribution is 0.229. The Hall–Kier alpha value is -1.81. The maximum absolute atomic E-state index is 5.26. The van der Waals surface area contributed by atoms with E-state index in [1.165, 1.54) is 38.2 Å². The van der Waals surface area contributed by atoms with Crippen molar-refractivity contribution in [3.05, 3.63) is 36.4 Å². The molecule has 0 aliphatic carbocycles. The van der Waals surface area contributed by atoms with Gasteiger partial charge in [0.05, 0.1) is 0 Å². The molecule has 3 rings (SSSR count). The van der Waals surface area contributed by atoms with Crippen molar-refractivity contribution in [3.63, 3.8) is 0 Å². The summed E-state index contributed by atoms with van der Waals surface area (Å²) in [6.07, 6.45) is 4.15. The molecule has 1 N–H and O–H groups in total. The van der Waals surface area contributed by atoms with Crippen LogP contribution in [0.5, 0.6) is 0 Å². The molecule has 4 heteroatoms. The molecule has 4 nitrogen and oxygen atoms in total. The number of aryl methyl sites for hydroxylation is 1. The summed E-state index contributed by atoms with van der Waals surface area (Å²) in [6, 6.07) is 9.05. The van der Waals surface area contributed by atoms with Crippen LogP contribution in [0.15, 0.2) is 34.9 Å². The van der Waals surface area contributed by atoms with Gasteiger partial charge in [-0.1, -0.05) is 19.1 Å². The number of anilines is 1. The van der Waals surface area contributed by atoms with Crippen LogP contribution in [0.4, 0.5) is 5.69 Å². The second kappa shape index (κ2) is 6.31. The largest absolute Gasteiger partial charge is 0.449 e. The van der Waals surface area contributed by atoms with E-state index in [4.69, 9.17) is 4.42 Å². The topological polar surface area (TPSA) is 41.3 Å². The third-order valence-corrected chi connectivity index (χ3v) is 4.21. The average Bonchev–Trinajstić information content (AvgIpc) is 2.95. The number of hydrogen-bond acceptors (Lipinski definition) is 4. The van der Waals surface area contributed by atoms with Gasteiger partial charge in [-0.15, -0.1) is 0 Å². The minimum atomic E-state index is 0.591. The minimum Gasteiger partial charge on any atom is -0.449 e. The first-order valence-corrected chi connectivity index (χ1v) is 7.76. The highest BCUT2D eigenvalue weighted by Crippen LogP contribution is 2.22. The van der Waals surface area contributed by atoms with Gasteiger partial charge in [0.2, 0.25) is 0 Å². The highest BCUT2D eigenvalue weighted by Gasteiger charge is 2.17. The van der Waals surface area contributed by atoms with E-state index in [2.05, 4.69) is 46.4 Å². The van der Waals surface area contributed by atoms with Gasteiger partial charge in [-0.3, -0.25) is 0 Å². The summed E-state index contributed by atoms with van der Waals surface area (Å²) in [7, 11) is 0. The first-order chi connectivity index (χ1) is 10.2. The molecule has 0 unspecified atom stereocenters. The molecule has 0 spiro atoms. The third kappa shape index (κ3) is 3.45. The summed E-state index contributed by atoms with van der Waals surface area (Å²) in [5.41, 5.74) is 3.18. The average molecular weight is 285 g/mol. The van der Waals surface area contributed by atoms with Crippen LogP contribution in [-0.2, 0) is 0 Å². The molecule has 0 bridgehead atoms. The van der Waals surface area contributed by atoms with Gasteiger partial charge in [-0.2, -0.15) is 0 Å². The van der Waals surface area contributed by atoms with Crippen LogP contribution in [0.3, 0.4) is 0 Å². The Labute approximate surface area is 126 Å². The number of hydrogen-bond donors (Lipinski definition) is 1. The van der Waals surface area contributed by atoms with Crippen molar-refractivity contribution in [2.75, 3.05) is 25.0 Å². The number of nitrogens with one attached hydrogen (secondary N) is 1. The SMILES string of the molecule is CCN1CCC(Nc2ccc(-c3coc(C)n3)cc2)CC1. The van der Waals surface area contributed by atoms with Gasteiger partial charge in [-0.25, -0.2) is 4.98 Å². The lowest BCUT2D eigenvalue weighted by Gasteiger charge is -2.32. The molecule has 0 atom stereocenters. The summed E-state index contributed by atoms with van der Waals surface area (Å²) in [6.45, 7) is 7.66. The first-order valence-electron chi connectivity index (χ1n) is 7.76. The van der Waals surface area contributed by atoms with Crippen LogP contribution in [0, 0.1) is 6.92 Å². The predicted octanol–water partition coefficient (Wildman–Crippen LogP) is 3.55. The van der Waals surface area contributed by atoms with Gasteiger partial charge >= 0.3 is 0 Å². The van der Waals surface area contributed by atoms with Gasteiger partial charge < -0.3 is 14.6 Å². The van der Waals surface area contributed by atoms with E-state index >= 15 is 0 Å². The molecule has 21 heavy (non-hydrogen) atoms.